The van der Waals surface area contributed by atoms with Crippen LogP contribution in [0.2, 0.25) is 0 Å². The van der Waals surface area contributed by atoms with E-state index >= 15 is 0 Å². The van der Waals surface area contributed by atoms with E-state index in [1.165, 1.54) is 0 Å². The lowest BCUT2D eigenvalue weighted by atomic mass is 10.2. The van der Waals surface area contributed by atoms with Crippen LogP contribution in [0, 0.1) is 26.2 Å². The Balaban J connectivity index is 1.63. The molecule has 0 aliphatic rings. The summed E-state index contributed by atoms with van der Waals surface area (Å²) >= 11 is 0. The standard InChI is InChI=1S/C22H17N5O/c1-4-21-26-19-8-6-5-7-18(19)22(27-21)25-16-9-10-20(14(2)11-16)28-17-12-23-15(3)24-13-17/h1,5-13H,2-3H3,(H,25,26,27). The molecular weight excluding hydrogens is 350 g/mol. The number of aromatic nitrogens is 4. The molecule has 2 heterocycles. The number of terminal acetylenes is 1. The summed E-state index contributed by atoms with van der Waals surface area (Å²) in [5, 5.41) is 4.23. The first-order valence-corrected chi connectivity index (χ1v) is 8.70. The van der Waals surface area contributed by atoms with Gasteiger partial charge in [0.05, 0.1) is 17.9 Å². The topological polar surface area (TPSA) is 72.8 Å². The summed E-state index contributed by atoms with van der Waals surface area (Å²) in [6.07, 6.45) is 8.81. The first-order chi connectivity index (χ1) is 13.6. The summed E-state index contributed by atoms with van der Waals surface area (Å²) < 4.78 is 5.87. The van der Waals surface area contributed by atoms with Crippen molar-refractivity contribution in [3.8, 4) is 23.8 Å². The highest BCUT2D eigenvalue weighted by Gasteiger charge is 2.09. The monoisotopic (exact) mass is 367 g/mol. The molecule has 28 heavy (non-hydrogen) atoms. The van der Waals surface area contributed by atoms with Crippen LogP contribution < -0.4 is 10.1 Å². The van der Waals surface area contributed by atoms with E-state index in [1.807, 2.05) is 56.3 Å². The van der Waals surface area contributed by atoms with E-state index in [-0.39, 0.29) is 0 Å². The predicted octanol–water partition coefficient (Wildman–Crippen LogP) is 4.55. The zero-order valence-corrected chi connectivity index (χ0v) is 15.5. The molecule has 0 amide bonds. The number of hydrogen-bond acceptors (Lipinski definition) is 6. The first-order valence-electron chi connectivity index (χ1n) is 8.70. The lowest BCUT2D eigenvalue weighted by molar-refractivity contribution is 0.473. The molecule has 0 bridgehead atoms. The quantitative estimate of drug-likeness (QED) is 0.533. The number of nitrogens with one attached hydrogen (secondary N) is 1. The van der Waals surface area contributed by atoms with Gasteiger partial charge in [0.15, 0.2) is 5.75 Å². The molecule has 0 spiro atoms. The molecule has 136 valence electrons. The van der Waals surface area contributed by atoms with Crippen molar-refractivity contribution >= 4 is 22.4 Å². The second-order valence-electron chi connectivity index (χ2n) is 6.23. The zero-order chi connectivity index (χ0) is 19.5. The van der Waals surface area contributed by atoms with Crippen molar-refractivity contribution in [2.75, 3.05) is 5.32 Å². The van der Waals surface area contributed by atoms with Gasteiger partial charge in [-0.2, -0.15) is 0 Å². The van der Waals surface area contributed by atoms with Crippen LogP contribution in [0.1, 0.15) is 17.2 Å². The van der Waals surface area contributed by atoms with Gasteiger partial charge in [-0.1, -0.05) is 12.1 Å². The molecule has 4 rings (SSSR count). The average Bonchev–Trinajstić information content (AvgIpc) is 2.71. The van der Waals surface area contributed by atoms with Crippen LogP contribution in [0.4, 0.5) is 11.5 Å². The van der Waals surface area contributed by atoms with E-state index in [0.29, 0.717) is 23.2 Å². The molecule has 0 radical (unpaired) electrons. The number of fused-ring (bicyclic) bond motifs is 1. The molecule has 6 nitrogen and oxygen atoms in total. The average molecular weight is 367 g/mol. The number of aryl methyl sites for hydroxylation is 2. The maximum Gasteiger partial charge on any atom is 0.207 e. The van der Waals surface area contributed by atoms with E-state index in [9.17, 15) is 0 Å². The molecule has 0 atom stereocenters. The van der Waals surface area contributed by atoms with Crippen LogP contribution in [-0.4, -0.2) is 19.9 Å². The van der Waals surface area contributed by atoms with Crippen LogP contribution >= 0.6 is 0 Å². The highest BCUT2D eigenvalue weighted by molar-refractivity contribution is 5.91. The first kappa shape index (κ1) is 17.4. The Morgan fingerprint density at radius 1 is 1.00 bits per heavy atom. The van der Waals surface area contributed by atoms with Crippen molar-refractivity contribution in [1.29, 1.82) is 0 Å². The molecule has 2 aromatic heterocycles. The zero-order valence-electron chi connectivity index (χ0n) is 15.5. The third kappa shape index (κ3) is 3.60. The minimum absolute atomic E-state index is 0.345. The minimum atomic E-state index is 0.345. The normalized spacial score (nSPS) is 10.5. The van der Waals surface area contributed by atoms with E-state index in [0.717, 1.165) is 27.9 Å². The van der Waals surface area contributed by atoms with Crippen molar-refractivity contribution < 1.29 is 4.74 Å². The van der Waals surface area contributed by atoms with Crippen LogP contribution in [-0.2, 0) is 0 Å². The Labute approximate surface area is 162 Å². The highest BCUT2D eigenvalue weighted by atomic mass is 16.5. The Hall–Kier alpha value is -3.98. The number of benzene rings is 2. The van der Waals surface area contributed by atoms with Crippen molar-refractivity contribution in [2.45, 2.75) is 13.8 Å². The van der Waals surface area contributed by atoms with Crippen molar-refractivity contribution in [2.24, 2.45) is 0 Å². The molecule has 0 fully saturated rings. The van der Waals surface area contributed by atoms with Crippen LogP contribution in [0.15, 0.2) is 54.9 Å². The Morgan fingerprint density at radius 2 is 1.79 bits per heavy atom. The molecule has 0 saturated carbocycles. The number of para-hydroxylation sites is 1. The fraction of sp³-hybridized carbons (Fsp3) is 0.0909. The van der Waals surface area contributed by atoms with Crippen LogP contribution in [0.25, 0.3) is 10.9 Å². The third-order valence-corrected chi connectivity index (χ3v) is 4.16. The van der Waals surface area contributed by atoms with Gasteiger partial charge in [-0.15, -0.1) is 6.42 Å². The number of ether oxygens (including phenoxy) is 1. The molecule has 0 unspecified atom stereocenters. The number of rotatable bonds is 4. The van der Waals surface area contributed by atoms with Crippen molar-refractivity contribution in [3.05, 3.63) is 72.1 Å². The summed E-state index contributed by atoms with van der Waals surface area (Å²) in [4.78, 5) is 17.1. The fourth-order valence-corrected chi connectivity index (χ4v) is 2.78. The fourth-order valence-electron chi connectivity index (χ4n) is 2.78. The Kier molecular flexibility index (Phi) is 4.56. The van der Waals surface area contributed by atoms with E-state index < -0.39 is 0 Å². The molecule has 0 aliphatic heterocycles. The summed E-state index contributed by atoms with van der Waals surface area (Å²) in [7, 11) is 0. The molecule has 6 heteroatoms. The molecule has 0 aliphatic carbocycles. The predicted molar refractivity (Wildman–Crippen MR) is 109 cm³/mol. The lowest BCUT2D eigenvalue weighted by Gasteiger charge is -2.12. The molecule has 4 aromatic rings. The van der Waals surface area contributed by atoms with Crippen LogP contribution in [0.5, 0.6) is 11.5 Å². The third-order valence-electron chi connectivity index (χ3n) is 4.16. The van der Waals surface area contributed by atoms with Gasteiger partial charge in [0.25, 0.3) is 0 Å². The van der Waals surface area contributed by atoms with E-state index in [1.54, 1.807) is 12.4 Å². The largest absolute Gasteiger partial charge is 0.454 e. The molecule has 0 saturated heterocycles. The maximum absolute atomic E-state index is 5.87. The number of nitrogens with zero attached hydrogens (tertiary/aromatic N) is 4. The molecular formula is C22H17N5O. The lowest BCUT2D eigenvalue weighted by Crippen LogP contribution is -2.00. The van der Waals surface area contributed by atoms with Gasteiger partial charge in [0.1, 0.15) is 17.4 Å². The second kappa shape index (κ2) is 7.33. The summed E-state index contributed by atoms with van der Waals surface area (Å²) in [5.41, 5.74) is 2.63. The Bertz CT molecular complexity index is 1200. The van der Waals surface area contributed by atoms with E-state index in [2.05, 4.69) is 31.2 Å². The van der Waals surface area contributed by atoms with Crippen LogP contribution in [0.3, 0.4) is 0 Å². The smallest absolute Gasteiger partial charge is 0.207 e. The molecule has 2 aromatic carbocycles. The minimum Gasteiger partial charge on any atom is -0.454 e. The maximum atomic E-state index is 5.87. The van der Waals surface area contributed by atoms with Gasteiger partial charge in [-0.3, -0.25) is 0 Å². The number of hydrogen-bond donors (Lipinski definition) is 1. The SMILES string of the molecule is C#Cc1nc(Nc2ccc(Oc3cnc(C)nc3)c(C)c2)c2ccccc2n1. The summed E-state index contributed by atoms with van der Waals surface area (Å²) in [6.45, 7) is 3.80. The van der Waals surface area contributed by atoms with Crippen molar-refractivity contribution in [1.82, 2.24) is 19.9 Å². The van der Waals surface area contributed by atoms with Gasteiger partial charge in [0, 0.05) is 11.1 Å². The Morgan fingerprint density at radius 3 is 2.54 bits per heavy atom. The highest BCUT2D eigenvalue weighted by Crippen LogP contribution is 2.29. The second-order valence-corrected chi connectivity index (χ2v) is 6.23. The van der Waals surface area contributed by atoms with Gasteiger partial charge in [-0.05, 0) is 55.7 Å². The number of anilines is 2. The van der Waals surface area contributed by atoms with Gasteiger partial charge in [0.2, 0.25) is 5.82 Å². The van der Waals surface area contributed by atoms with E-state index in [4.69, 9.17) is 11.2 Å². The molecule has 1 N–H and O–H groups in total. The van der Waals surface area contributed by atoms with Gasteiger partial charge in [-0.25, -0.2) is 19.9 Å². The van der Waals surface area contributed by atoms with Crippen molar-refractivity contribution in [3.63, 3.8) is 0 Å². The summed E-state index contributed by atoms with van der Waals surface area (Å²) in [6, 6.07) is 13.5. The summed E-state index contributed by atoms with van der Waals surface area (Å²) in [5.74, 6) is 5.54. The van der Waals surface area contributed by atoms with Gasteiger partial charge >= 0.3 is 0 Å². The van der Waals surface area contributed by atoms with Gasteiger partial charge < -0.3 is 10.1 Å².